The quantitative estimate of drug-likeness (QED) is 0.930. The highest BCUT2D eigenvalue weighted by atomic mass is 79.9. The van der Waals surface area contributed by atoms with E-state index in [9.17, 15) is 0 Å². The molecule has 1 saturated heterocycles. The van der Waals surface area contributed by atoms with Gasteiger partial charge >= 0.3 is 0 Å². The Bertz CT molecular complexity index is 376. The van der Waals surface area contributed by atoms with E-state index in [1.54, 1.807) is 0 Å². The van der Waals surface area contributed by atoms with Gasteiger partial charge in [-0.3, -0.25) is 0 Å². The molecular formula is C13H18BrNO2. The molecule has 1 aliphatic rings. The van der Waals surface area contributed by atoms with E-state index in [-0.39, 0.29) is 6.04 Å². The number of ether oxygens (including phenoxy) is 2. The van der Waals surface area contributed by atoms with Crippen molar-refractivity contribution in [2.24, 2.45) is 11.7 Å². The van der Waals surface area contributed by atoms with Gasteiger partial charge in [0.2, 0.25) is 0 Å². The van der Waals surface area contributed by atoms with Crippen molar-refractivity contribution in [1.29, 1.82) is 0 Å². The zero-order chi connectivity index (χ0) is 12.3. The van der Waals surface area contributed by atoms with E-state index in [1.807, 2.05) is 25.1 Å². The standard InChI is InChI=1S/C13H18BrNO2/c1-9(15)12-3-2-11(6-13(12)14)17-8-10-4-5-16-7-10/h2-3,6,9-10H,4-5,7-8,15H2,1H3. The molecule has 1 aliphatic heterocycles. The van der Waals surface area contributed by atoms with Crippen LogP contribution in [-0.2, 0) is 4.74 Å². The maximum Gasteiger partial charge on any atom is 0.120 e. The van der Waals surface area contributed by atoms with Crippen LogP contribution in [0.4, 0.5) is 0 Å². The fraction of sp³-hybridized carbons (Fsp3) is 0.538. The molecule has 0 aromatic heterocycles. The Morgan fingerprint density at radius 1 is 1.59 bits per heavy atom. The van der Waals surface area contributed by atoms with Crippen molar-refractivity contribution in [3.8, 4) is 5.75 Å². The molecule has 0 aliphatic carbocycles. The molecule has 2 unspecified atom stereocenters. The Kier molecular flexibility index (Phi) is 4.42. The molecule has 1 heterocycles. The highest BCUT2D eigenvalue weighted by Crippen LogP contribution is 2.27. The Labute approximate surface area is 110 Å². The average molecular weight is 300 g/mol. The van der Waals surface area contributed by atoms with Crippen LogP contribution in [0.5, 0.6) is 5.75 Å². The second kappa shape index (κ2) is 5.85. The Morgan fingerprint density at radius 2 is 2.41 bits per heavy atom. The van der Waals surface area contributed by atoms with Crippen LogP contribution in [0.1, 0.15) is 24.9 Å². The van der Waals surface area contributed by atoms with Crippen molar-refractivity contribution in [1.82, 2.24) is 0 Å². The van der Waals surface area contributed by atoms with Gasteiger partial charge in [0.25, 0.3) is 0 Å². The van der Waals surface area contributed by atoms with Gasteiger partial charge in [0.05, 0.1) is 13.2 Å². The summed E-state index contributed by atoms with van der Waals surface area (Å²) in [4.78, 5) is 0. The summed E-state index contributed by atoms with van der Waals surface area (Å²) in [5, 5.41) is 0. The van der Waals surface area contributed by atoms with Crippen LogP contribution in [0.25, 0.3) is 0 Å². The van der Waals surface area contributed by atoms with Crippen molar-refractivity contribution in [2.45, 2.75) is 19.4 Å². The molecular weight excluding hydrogens is 282 g/mol. The lowest BCUT2D eigenvalue weighted by molar-refractivity contribution is 0.167. The zero-order valence-corrected chi connectivity index (χ0v) is 11.6. The third kappa shape index (κ3) is 3.44. The van der Waals surface area contributed by atoms with Crippen molar-refractivity contribution in [3.05, 3.63) is 28.2 Å². The summed E-state index contributed by atoms with van der Waals surface area (Å²) in [6.45, 7) is 4.38. The van der Waals surface area contributed by atoms with Gasteiger partial charge in [-0.05, 0) is 31.0 Å². The number of benzene rings is 1. The highest BCUT2D eigenvalue weighted by Gasteiger charge is 2.16. The first-order chi connectivity index (χ1) is 8.16. The summed E-state index contributed by atoms with van der Waals surface area (Å²) in [6, 6.07) is 5.99. The van der Waals surface area contributed by atoms with E-state index >= 15 is 0 Å². The fourth-order valence-corrected chi connectivity index (χ4v) is 2.61. The molecule has 0 amide bonds. The first-order valence-corrected chi connectivity index (χ1v) is 6.71. The van der Waals surface area contributed by atoms with E-state index < -0.39 is 0 Å². The molecule has 4 heteroatoms. The number of halogens is 1. The van der Waals surface area contributed by atoms with Gasteiger partial charge < -0.3 is 15.2 Å². The molecule has 0 saturated carbocycles. The Morgan fingerprint density at radius 3 is 3.00 bits per heavy atom. The average Bonchev–Trinajstić information content (AvgIpc) is 2.78. The van der Waals surface area contributed by atoms with Gasteiger partial charge in [-0.25, -0.2) is 0 Å². The molecule has 2 atom stereocenters. The van der Waals surface area contributed by atoms with Crippen LogP contribution < -0.4 is 10.5 Å². The van der Waals surface area contributed by atoms with E-state index in [4.69, 9.17) is 15.2 Å². The molecule has 17 heavy (non-hydrogen) atoms. The maximum absolute atomic E-state index is 5.85. The first kappa shape index (κ1) is 12.9. The molecule has 94 valence electrons. The molecule has 3 nitrogen and oxygen atoms in total. The normalized spacial score (nSPS) is 21.5. The van der Waals surface area contributed by atoms with E-state index in [0.29, 0.717) is 5.92 Å². The van der Waals surface area contributed by atoms with Crippen LogP contribution in [-0.4, -0.2) is 19.8 Å². The summed E-state index contributed by atoms with van der Waals surface area (Å²) >= 11 is 3.52. The van der Waals surface area contributed by atoms with Gasteiger partial charge in [0.15, 0.2) is 0 Å². The lowest BCUT2D eigenvalue weighted by Crippen LogP contribution is -2.12. The minimum absolute atomic E-state index is 0.0293. The molecule has 2 N–H and O–H groups in total. The first-order valence-electron chi connectivity index (χ1n) is 5.92. The molecule has 1 aromatic carbocycles. The number of rotatable bonds is 4. The van der Waals surface area contributed by atoms with E-state index in [2.05, 4.69) is 15.9 Å². The number of hydrogen-bond donors (Lipinski definition) is 1. The topological polar surface area (TPSA) is 44.5 Å². The highest BCUT2D eigenvalue weighted by molar-refractivity contribution is 9.10. The summed E-state index contributed by atoms with van der Waals surface area (Å²) in [6.07, 6.45) is 1.10. The van der Waals surface area contributed by atoms with Crippen molar-refractivity contribution >= 4 is 15.9 Å². The van der Waals surface area contributed by atoms with Crippen molar-refractivity contribution in [2.75, 3.05) is 19.8 Å². The minimum Gasteiger partial charge on any atom is -0.493 e. The summed E-state index contributed by atoms with van der Waals surface area (Å²) in [5.74, 6) is 1.41. The van der Waals surface area contributed by atoms with Gasteiger partial charge in [0, 0.05) is 23.0 Å². The molecule has 0 spiro atoms. The Balaban J connectivity index is 1.94. The summed E-state index contributed by atoms with van der Waals surface area (Å²) in [5.41, 5.74) is 6.95. The molecule has 0 radical (unpaired) electrons. The summed E-state index contributed by atoms with van der Waals surface area (Å²) in [7, 11) is 0. The van der Waals surface area contributed by atoms with E-state index in [0.717, 1.165) is 42.0 Å². The predicted octanol–water partition coefficient (Wildman–Crippen LogP) is 2.88. The van der Waals surface area contributed by atoms with Gasteiger partial charge in [-0.2, -0.15) is 0 Å². The maximum atomic E-state index is 5.85. The van der Waals surface area contributed by atoms with Gasteiger partial charge in [-0.15, -0.1) is 0 Å². The smallest absolute Gasteiger partial charge is 0.120 e. The summed E-state index contributed by atoms with van der Waals surface area (Å²) < 4.78 is 12.1. The van der Waals surface area contributed by atoms with Crippen LogP contribution in [0.2, 0.25) is 0 Å². The van der Waals surface area contributed by atoms with Crippen LogP contribution >= 0.6 is 15.9 Å². The zero-order valence-electron chi connectivity index (χ0n) is 9.99. The second-order valence-electron chi connectivity index (χ2n) is 4.51. The van der Waals surface area contributed by atoms with Crippen LogP contribution in [0, 0.1) is 5.92 Å². The van der Waals surface area contributed by atoms with Gasteiger partial charge in [0.1, 0.15) is 5.75 Å². The molecule has 2 rings (SSSR count). The lowest BCUT2D eigenvalue weighted by atomic mass is 10.1. The Hall–Kier alpha value is -0.580. The minimum atomic E-state index is 0.0293. The van der Waals surface area contributed by atoms with Crippen molar-refractivity contribution in [3.63, 3.8) is 0 Å². The van der Waals surface area contributed by atoms with Crippen molar-refractivity contribution < 1.29 is 9.47 Å². The second-order valence-corrected chi connectivity index (χ2v) is 5.37. The number of nitrogens with two attached hydrogens (primary N) is 1. The number of hydrogen-bond acceptors (Lipinski definition) is 3. The lowest BCUT2D eigenvalue weighted by Gasteiger charge is -2.13. The van der Waals surface area contributed by atoms with Gasteiger partial charge in [-0.1, -0.05) is 22.0 Å². The fourth-order valence-electron chi connectivity index (χ4n) is 1.90. The molecule has 1 fully saturated rings. The third-order valence-corrected chi connectivity index (χ3v) is 3.66. The molecule has 1 aromatic rings. The molecule has 0 bridgehead atoms. The predicted molar refractivity (Wildman–Crippen MR) is 71.2 cm³/mol. The van der Waals surface area contributed by atoms with Crippen LogP contribution in [0.3, 0.4) is 0 Å². The van der Waals surface area contributed by atoms with E-state index in [1.165, 1.54) is 0 Å². The van der Waals surface area contributed by atoms with Crippen LogP contribution in [0.15, 0.2) is 22.7 Å². The SMILES string of the molecule is CC(N)c1ccc(OCC2CCOC2)cc1Br. The third-order valence-electron chi connectivity index (χ3n) is 2.97. The largest absolute Gasteiger partial charge is 0.493 e. The monoisotopic (exact) mass is 299 g/mol.